The first-order valence-electron chi connectivity index (χ1n) is 7.67. The zero-order valence-corrected chi connectivity index (χ0v) is 13.3. The van der Waals surface area contributed by atoms with E-state index in [9.17, 15) is 9.59 Å². The van der Waals surface area contributed by atoms with Gasteiger partial charge in [0.15, 0.2) is 0 Å². The van der Waals surface area contributed by atoms with Crippen molar-refractivity contribution in [1.29, 1.82) is 0 Å². The fraction of sp³-hybridized carbons (Fsp3) is 0.867. The standard InChI is InChI=1S/C15H29N3O2/c1-5-18(4)14(20)12(2)17-13(19)11-15(16-3)9-7-6-8-10-15/h12,16H,5-11H2,1-4H3,(H,17,19). The van der Waals surface area contributed by atoms with Gasteiger partial charge >= 0.3 is 0 Å². The summed E-state index contributed by atoms with van der Waals surface area (Å²) < 4.78 is 0. The van der Waals surface area contributed by atoms with Crippen molar-refractivity contribution in [2.45, 2.75) is 64.0 Å². The summed E-state index contributed by atoms with van der Waals surface area (Å²) in [5.41, 5.74) is -0.0816. The van der Waals surface area contributed by atoms with Crippen LogP contribution in [0.25, 0.3) is 0 Å². The molecule has 0 radical (unpaired) electrons. The van der Waals surface area contributed by atoms with Crippen LogP contribution in [0, 0.1) is 0 Å². The predicted octanol–water partition coefficient (Wildman–Crippen LogP) is 1.28. The molecular weight excluding hydrogens is 254 g/mol. The van der Waals surface area contributed by atoms with Gasteiger partial charge in [0.25, 0.3) is 0 Å². The van der Waals surface area contributed by atoms with E-state index in [1.54, 1.807) is 18.9 Å². The highest BCUT2D eigenvalue weighted by molar-refractivity contribution is 5.87. The molecule has 0 aliphatic heterocycles. The molecule has 0 saturated heterocycles. The Bertz CT molecular complexity index is 338. The van der Waals surface area contributed by atoms with E-state index >= 15 is 0 Å². The van der Waals surface area contributed by atoms with Gasteiger partial charge < -0.3 is 15.5 Å². The van der Waals surface area contributed by atoms with E-state index in [4.69, 9.17) is 0 Å². The van der Waals surface area contributed by atoms with Gasteiger partial charge in [0.2, 0.25) is 11.8 Å². The van der Waals surface area contributed by atoms with E-state index < -0.39 is 6.04 Å². The second kappa shape index (κ2) is 7.62. The third-order valence-corrected chi connectivity index (χ3v) is 4.44. The second-order valence-electron chi connectivity index (χ2n) is 5.91. The van der Waals surface area contributed by atoms with Crippen molar-refractivity contribution in [2.24, 2.45) is 0 Å². The Balaban J connectivity index is 2.51. The van der Waals surface area contributed by atoms with Gasteiger partial charge in [-0.25, -0.2) is 0 Å². The smallest absolute Gasteiger partial charge is 0.244 e. The topological polar surface area (TPSA) is 61.4 Å². The SMILES string of the molecule is CCN(C)C(=O)C(C)NC(=O)CC1(NC)CCCCC1. The fourth-order valence-corrected chi connectivity index (χ4v) is 2.89. The average Bonchev–Trinajstić information content (AvgIpc) is 2.46. The Morgan fingerprint density at radius 2 is 1.85 bits per heavy atom. The van der Waals surface area contributed by atoms with Crippen LogP contribution < -0.4 is 10.6 Å². The van der Waals surface area contributed by atoms with Gasteiger partial charge in [0.1, 0.15) is 6.04 Å². The van der Waals surface area contributed by atoms with Crippen LogP contribution in [0.5, 0.6) is 0 Å². The Morgan fingerprint density at radius 3 is 2.35 bits per heavy atom. The van der Waals surface area contributed by atoms with Crippen molar-refractivity contribution in [2.75, 3.05) is 20.6 Å². The second-order valence-corrected chi connectivity index (χ2v) is 5.91. The van der Waals surface area contributed by atoms with E-state index in [1.807, 2.05) is 14.0 Å². The van der Waals surface area contributed by atoms with Crippen LogP contribution >= 0.6 is 0 Å². The quantitative estimate of drug-likeness (QED) is 0.772. The Hall–Kier alpha value is -1.10. The number of amides is 2. The largest absolute Gasteiger partial charge is 0.345 e. The highest BCUT2D eigenvalue weighted by Crippen LogP contribution is 2.30. The van der Waals surface area contributed by atoms with Gasteiger partial charge in [0, 0.05) is 25.6 Å². The summed E-state index contributed by atoms with van der Waals surface area (Å²) in [6.45, 7) is 4.32. The average molecular weight is 283 g/mol. The van der Waals surface area contributed by atoms with Gasteiger partial charge in [-0.2, -0.15) is 0 Å². The molecule has 1 saturated carbocycles. The Kier molecular flexibility index (Phi) is 6.46. The van der Waals surface area contributed by atoms with Crippen molar-refractivity contribution in [3.8, 4) is 0 Å². The van der Waals surface area contributed by atoms with Crippen LogP contribution in [-0.4, -0.2) is 48.9 Å². The zero-order chi connectivity index (χ0) is 15.2. The lowest BCUT2D eigenvalue weighted by Gasteiger charge is -2.37. The minimum atomic E-state index is -0.454. The molecule has 1 rings (SSSR count). The summed E-state index contributed by atoms with van der Waals surface area (Å²) in [6.07, 6.45) is 6.11. The molecule has 0 aromatic rings. The summed E-state index contributed by atoms with van der Waals surface area (Å²) in [5.74, 6) is -0.0744. The van der Waals surface area contributed by atoms with Gasteiger partial charge in [-0.1, -0.05) is 19.3 Å². The number of hydrogen-bond donors (Lipinski definition) is 2. The molecule has 0 aromatic carbocycles. The molecule has 2 amide bonds. The van der Waals surface area contributed by atoms with E-state index in [-0.39, 0.29) is 17.4 Å². The molecule has 5 nitrogen and oxygen atoms in total. The molecule has 1 unspecified atom stereocenters. The summed E-state index contributed by atoms with van der Waals surface area (Å²) >= 11 is 0. The first kappa shape index (κ1) is 17.0. The normalized spacial score (nSPS) is 19.2. The monoisotopic (exact) mass is 283 g/mol. The van der Waals surface area contributed by atoms with Gasteiger partial charge in [-0.15, -0.1) is 0 Å². The highest BCUT2D eigenvalue weighted by Gasteiger charge is 2.33. The van der Waals surface area contributed by atoms with Crippen LogP contribution in [0.3, 0.4) is 0 Å². The maximum atomic E-state index is 12.2. The van der Waals surface area contributed by atoms with Crippen molar-refractivity contribution in [1.82, 2.24) is 15.5 Å². The lowest BCUT2D eigenvalue weighted by atomic mass is 9.79. The van der Waals surface area contributed by atoms with Gasteiger partial charge in [-0.3, -0.25) is 9.59 Å². The molecule has 116 valence electrons. The first-order valence-corrected chi connectivity index (χ1v) is 7.67. The minimum Gasteiger partial charge on any atom is -0.345 e. The number of carbonyl (C=O) groups excluding carboxylic acids is 2. The first-order chi connectivity index (χ1) is 9.44. The fourth-order valence-electron chi connectivity index (χ4n) is 2.89. The summed E-state index contributed by atoms with van der Waals surface area (Å²) in [6, 6.07) is -0.454. The molecule has 2 N–H and O–H groups in total. The van der Waals surface area contributed by atoms with E-state index in [0.29, 0.717) is 13.0 Å². The predicted molar refractivity (Wildman–Crippen MR) is 80.4 cm³/mol. The van der Waals surface area contributed by atoms with E-state index in [1.165, 1.54) is 19.3 Å². The minimum absolute atomic E-state index is 0.0356. The number of hydrogen-bond acceptors (Lipinski definition) is 3. The Morgan fingerprint density at radius 1 is 1.25 bits per heavy atom. The van der Waals surface area contributed by atoms with Crippen LogP contribution in [0.15, 0.2) is 0 Å². The maximum absolute atomic E-state index is 12.2. The molecule has 0 heterocycles. The molecule has 20 heavy (non-hydrogen) atoms. The third-order valence-electron chi connectivity index (χ3n) is 4.44. The molecule has 0 bridgehead atoms. The van der Waals surface area contributed by atoms with Crippen molar-refractivity contribution < 1.29 is 9.59 Å². The van der Waals surface area contributed by atoms with Crippen molar-refractivity contribution in [3.63, 3.8) is 0 Å². The third kappa shape index (κ3) is 4.47. The lowest BCUT2D eigenvalue weighted by molar-refractivity contribution is -0.135. The zero-order valence-electron chi connectivity index (χ0n) is 13.3. The van der Waals surface area contributed by atoms with Crippen molar-refractivity contribution in [3.05, 3.63) is 0 Å². The lowest BCUT2D eigenvalue weighted by Crippen LogP contribution is -2.51. The van der Waals surface area contributed by atoms with Crippen LogP contribution in [0.2, 0.25) is 0 Å². The van der Waals surface area contributed by atoms with E-state index in [2.05, 4.69) is 10.6 Å². The maximum Gasteiger partial charge on any atom is 0.244 e. The number of nitrogens with one attached hydrogen (secondary N) is 2. The molecule has 1 atom stereocenters. The van der Waals surface area contributed by atoms with Gasteiger partial charge in [-0.05, 0) is 33.7 Å². The number of carbonyl (C=O) groups is 2. The molecule has 5 heteroatoms. The molecule has 1 aliphatic carbocycles. The van der Waals surface area contributed by atoms with Gasteiger partial charge in [0.05, 0.1) is 0 Å². The molecule has 1 fully saturated rings. The highest BCUT2D eigenvalue weighted by atomic mass is 16.2. The summed E-state index contributed by atoms with van der Waals surface area (Å²) in [7, 11) is 3.68. The summed E-state index contributed by atoms with van der Waals surface area (Å²) in [5, 5.41) is 6.16. The van der Waals surface area contributed by atoms with Crippen LogP contribution in [0.1, 0.15) is 52.4 Å². The molecule has 0 aromatic heterocycles. The summed E-state index contributed by atoms with van der Waals surface area (Å²) in [4.78, 5) is 25.8. The van der Waals surface area contributed by atoms with Crippen molar-refractivity contribution >= 4 is 11.8 Å². The Labute approximate surface area is 122 Å². The molecule has 0 spiro atoms. The number of nitrogens with zero attached hydrogens (tertiary/aromatic N) is 1. The molecular formula is C15H29N3O2. The van der Waals surface area contributed by atoms with Crippen LogP contribution in [-0.2, 0) is 9.59 Å². The van der Waals surface area contributed by atoms with E-state index in [0.717, 1.165) is 12.8 Å². The number of rotatable bonds is 6. The van der Waals surface area contributed by atoms with Crippen LogP contribution in [0.4, 0.5) is 0 Å². The number of likely N-dealkylation sites (N-methyl/N-ethyl adjacent to an activating group) is 1. The molecule has 1 aliphatic rings.